The summed E-state index contributed by atoms with van der Waals surface area (Å²) in [5, 5.41) is 5.17. The number of hydrogen-bond acceptors (Lipinski definition) is 8. The highest BCUT2D eigenvalue weighted by molar-refractivity contribution is 7.89. The van der Waals surface area contributed by atoms with E-state index in [1.165, 1.54) is 25.3 Å². The number of carbonyl (C=O) groups is 4. The molecule has 160 valence electrons. The molecule has 13 heteroatoms. The Balaban J connectivity index is 2.02. The minimum Gasteiger partial charge on any atom is -0.469 e. The first kappa shape index (κ1) is 21.8. The van der Waals surface area contributed by atoms with Gasteiger partial charge in [0, 0.05) is 19.4 Å². The van der Waals surface area contributed by atoms with Crippen molar-refractivity contribution in [2.24, 2.45) is 10.1 Å². The predicted molar refractivity (Wildman–Crippen MR) is 104 cm³/mol. The van der Waals surface area contributed by atoms with Gasteiger partial charge < -0.3 is 9.30 Å². The minimum absolute atomic E-state index is 0.0102. The molecule has 1 saturated heterocycles. The standard InChI is InChI=1S/C17H18N4O7S2/c1-28-16(25)6-7-20-11-3-2-10(30(18,26)27)8-12(11)29-17(20)19-13(22)9-21-14(23)4-5-15(21)24/h2-3,8H,4-7,9H2,1H3,(H2,18,26,27). The Morgan fingerprint density at radius 2 is 1.90 bits per heavy atom. The van der Waals surface area contributed by atoms with Crippen LogP contribution in [0.5, 0.6) is 0 Å². The van der Waals surface area contributed by atoms with Crippen LogP contribution in [0, 0.1) is 0 Å². The Hall–Kier alpha value is -2.90. The average Bonchev–Trinajstić information content (AvgIpc) is 3.18. The lowest BCUT2D eigenvalue weighted by Gasteiger charge is -2.10. The molecule has 0 bridgehead atoms. The number of carbonyl (C=O) groups excluding carboxylic acids is 4. The van der Waals surface area contributed by atoms with Crippen LogP contribution in [-0.2, 0) is 40.5 Å². The van der Waals surface area contributed by atoms with Crippen LogP contribution in [-0.4, -0.2) is 55.2 Å². The van der Waals surface area contributed by atoms with Gasteiger partial charge in [0.2, 0.25) is 21.8 Å². The summed E-state index contributed by atoms with van der Waals surface area (Å²) in [7, 11) is -2.69. The van der Waals surface area contributed by atoms with Gasteiger partial charge in [0.1, 0.15) is 6.54 Å². The van der Waals surface area contributed by atoms with Crippen LogP contribution < -0.4 is 9.94 Å². The molecule has 0 atom stereocenters. The number of thiazole rings is 1. The van der Waals surface area contributed by atoms with Crippen LogP contribution in [0.15, 0.2) is 28.1 Å². The highest BCUT2D eigenvalue weighted by Crippen LogP contribution is 2.22. The van der Waals surface area contributed by atoms with Crippen LogP contribution in [0.3, 0.4) is 0 Å². The van der Waals surface area contributed by atoms with E-state index in [0.29, 0.717) is 10.2 Å². The number of likely N-dealkylation sites (tertiary alicyclic amines) is 1. The largest absolute Gasteiger partial charge is 0.469 e. The average molecular weight is 454 g/mol. The number of ether oxygens (including phenoxy) is 1. The number of rotatable bonds is 6. The number of fused-ring (bicyclic) bond motifs is 1. The van der Waals surface area contributed by atoms with Gasteiger partial charge >= 0.3 is 5.97 Å². The predicted octanol–water partition coefficient (Wildman–Crippen LogP) is -0.510. The van der Waals surface area contributed by atoms with Crippen molar-refractivity contribution >= 4 is 55.3 Å². The summed E-state index contributed by atoms with van der Waals surface area (Å²) in [6.45, 7) is -0.361. The zero-order chi connectivity index (χ0) is 22.1. The lowest BCUT2D eigenvalue weighted by molar-refractivity contribution is -0.142. The fraction of sp³-hybridized carbons (Fsp3) is 0.353. The maximum Gasteiger partial charge on any atom is 0.307 e. The molecule has 3 rings (SSSR count). The van der Waals surface area contributed by atoms with E-state index in [1.807, 2.05) is 0 Å². The molecular weight excluding hydrogens is 436 g/mol. The van der Waals surface area contributed by atoms with Gasteiger partial charge in [0.15, 0.2) is 4.80 Å². The van der Waals surface area contributed by atoms with E-state index in [0.717, 1.165) is 16.2 Å². The fourth-order valence-electron chi connectivity index (χ4n) is 2.91. The van der Waals surface area contributed by atoms with Gasteiger partial charge in [-0.15, -0.1) is 0 Å². The number of imide groups is 1. The molecule has 2 aromatic rings. The molecule has 1 aromatic carbocycles. The van der Waals surface area contributed by atoms with Crippen molar-refractivity contribution in [1.82, 2.24) is 9.47 Å². The normalized spacial score (nSPS) is 15.3. The second-order valence-electron chi connectivity index (χ2n) is 6.42. The summed E-state index contributed by atoms with van der Waals surface area (Å²) in [5.41, 5.74) is 0.538. The molecular formula is C17H18N4O7S2. The van der Waals surface area contributed by atoms with Crippen LogP contribution in [0.1, 0.15) is 19.3 Å². The fourth-order valence-corrected chi connectivity index (χ4v) is 4.64. The summed E-state index contributed by atoms with van der Waals surface area (Å²) in [4.78, 5) is 52.3. The van der Waals surface area contributed by atoms with Crippen LogP contribution >= 0.6 is 11.3 Å². The number of esters is 1. The Bertz CT molecular complexity index is 1210. The van der Waals surface area contributed by atoms with Gasteiger partial charge in [-0.3, -0.25) is 24.1 Å². The molecule has 1 aromatic heterocycles. The minimum atomic E-state index is -3.93. The van der Waals surface area contributed by atoms with Crippen LogP contribution in [0.25, 0.3) is 10.2 Å². The van der Waals surface area contributed by atoms with Crippen molar-refractivity contribution in [1.29, 1.82) is 0 Å². The molecule has 3 amide bonds. The zero-order valence-corrected chi connectivity index (χ0v) is 17.5. The van der Waals surface area contributed by atoms with Gasteiger partial charge in [-0.2, -0.15) is 4.99 Å². The highest BCUT2D eigenvalue weighted by Gasteiger charge is 2.30. The third-order valence-corrected chi connectivity index (χ3v) is 6.37. The van der Waals surface area contributed by atoms with Gasteiger partial charge in [-0.05, 0) is 18.2 Å². The molecule has 0 unspecified atom stereocenters. The van der Waals surface area contributed by atoms with Crippen LogP contribution in [0.2, 0.25) is 0 Å². The molecule has 0 radical (unpaired) electrons. The van der Waals surface area contributed by atoms with E-state index in [4.69, 9.17) is 5.14 Å². The van der Waals surface area contributed by atoms with Crippen molar-refractivity contribution in [2.75, 3.05) is 13.7 Å². The quantitative estimate of drug-likeness (QED) is 0.455. The molecule has 0 saturated carbocycles. The summed E-state index contributed by atoms with van der Waals surface area (Å²) >= 11 is 1.02. The van der Waals surface area contributed by atoms with Crippen molar-refractivity contribution in [3.63, 3.8) is 0 Å². The molecule has 1 aliphatic heterocycles. The monoisotopic (exact) mass is 454 g/mol. The summed E-state index contributed by atoms with van der Waals surface area (Å²) in [6.07, 6.45) is 0.110. The van der Waals surface area contributed by atoms with Crippen molar-refractivity contribution in [3.8, 4) is 0 Å². The smallest absolute Gasteiger partial charge is 0.307 e. The summed E-state index contributed by atoms with van der Waals surface area (Å²) in [5.74, 6) is -2.07. The lowest BCUT2D eigenvalue weighted by Crippen LogP contribution is -2.34. The van der Waals surface area contributed by atoms with E-state index in [9.17, 15) is 27.6 Å². The number of sulfonamides is 1. The van der Waals surface area contributed by atoms with E-state index in [2.05, 4.69) is 9.73 Å². The second kappa shape index (κ2) is 8.45. The number of nitrogens with zero attached hydrogens (tertiary/aromatic N) is 3. The molecule has 30 heavy (non-hydrogen) atoms. The van der Waals surface area contributed by atoms with Gasteiger partial charge in [0.05, 0.1) is 28.6 Å². The van der Waals surface area contributed by atoms with Crippen LogP contribution in [0.4, 0.5) is 0 Å². The highest BCUT2D eigenvalue weighted by atomic mass is 32.2. The maximum absolute atomic E-state index is 12.4. The molecule has 2 heterocycles. The Morgan fingerprint density at radius 1 is 1.23 bits per heavy atom. The number of benzene rings is 1. The number of nitrogens with two attached hydrogens (primary N) is 1. The van der Waals surface area contributed by atoms with Gasteiger partial charge in [0.25, 0.3) is 5.91 Å². The van der Waals surface area contributed by atoms with Crippen molar-refractivity contribution in [2.45, 2.75) is 30.7 Å². The van der Waals surface area contributed by atoms with Crippen molar-refractivity contribution in [3.05, 3.63) is 23.0 Å². The molecule has 1 fully saturated rings. The van der Waals surface area contributed by atoms with Gasteiger partial charge in [-0.1, -0.05) is 11.3 Å². The number of aryl methyl sites for hydroxylation is 1. The topological polar surface area (TPSA) is 158 Å². The molecule has 0 aliphatic carbocycles. The second-order valence-corrected chi connectivity index (χ2v) is 8.99. The first-order valence-electron chi connectivity index (χ1n) is 8.74. The number of hydrogen-bond donors (Lipinski definition) is 1. The van der Waals surface area contributed by atoms with Gasteiger partial charge in [-0.25, -0.2) is 13.6 Å². The third-order valence-electron chi connectivity index (χ3n) is 4.42. The molecule has 2 N–H and O–H groups in total. The number of amides is 3. The summed E-state index contributed by atoms with van der Waals surface area (Å²) in [6, 6.07) is 4.16. The summed E-state index contributed by atoms with van der Waals surface area (Å²) < 4.78 is 29.9. The van der Waals surface area contributed by atoms with E-state index in [1.54, 1.807) is 4.57 Å². The third kappa shape index (κ3) is 4.63. The van der Waals surface area contributed by atoms with Crippen molar-refractivity contribution < 1.29 is 32.3 Å². The SMILES string of the molecule is COC(=O)CCn1c(=NC(=O)CN2C(=O)CCC2=O)sc2cc(S(N)(=O)=O)ccc21. The lowest BCUT2D eigenvalue weighted by atomic mass is 10.3. The number of aromatic nitrogens is 1. The maximum atomic E-state index is 12.4. The zero-order valence-electron chi connectivity index (χ0n) is 15.9. The Labute approximate surface area is 174 Å². The Morgan fingerprint density at radius 3 is 2.50 bits per heavy atom. The molecule has 1 aliphatic rings. The van der Waals surface area contributed by atoms with E-state index in [-0.39, 0.29) is 35.5 Å². The Kier molecular flexibility index (Phi) is 6.14. The number of primary sulfonamides is 1. The first-order chi connectivity index (χ1) is 14.1. The van der Waals surface area contributed by atoms with E-state index < -0.39 is 40.3 Å². The first-order valence-corrected chi connectivity index (χ1v) is 11.1. The van der Waals surface area contributed by atoms with E-state index >= 15 is 0 Å². The molecule has 11 nitrogen and oxygen atoms in total. The number of methoxy groups -OCH3 is 1. The molecule has 0 spiro atoms.